The molecular formula is C20H20N2O4. The molecule has 6 heteroatoms. The van der Waals surface area contributed by atoms with Crippen molar-refractivity contribution in [3.05, 3.63) is 64.7 Å². The maximum atomic E-state index is 12.6. The highest BCUT2D eigenvalue weighted by Gasteiger charge is 2.18. The molecule has 0 heterocycles. The minimum Gasteiger partial charge on any atom is -0.480 e. The van der Waals surface area contributed by atoms with E-state index >= 15 is 0 Å². The molecule has 0 unspecified atom stereocenters. The van der Waals surface area contributed by atoms with Gasteiger partial charge in [-0.15, -0.1) is 0 Å². The Balaban J connectivity index is 1.61. The first-order chi connectivity index (χ1) is 12.5. The van der Waals surface area contributed by atoms with Gasteiger partial charge in [-0.2, -0.15) is 0 Å². The molecule has 3 rings (SSSR count). The number of carboxylic acid groups (broad SMARTS) is 1. The lowest BCUT2D eigenvalue weighted by Gasteiger charge is -2.10. The van der Waals surface area contributed by atoms with Crippen LogP contribution in [-0.4, -0.2) is 29.4 Å². The van der Waals surface area contributed by atoms with Crippen LogP contribution in [0.2, 0.25) is 0 Å². The number of aryl methyl sites for hydroxylation is 1. The smallest absolute Gasteiger partial charge is 0.322 e. The van der Waals surface area contributed by atoms with Crippen LogP contribution in [0.5, 0.6) is 0 Å². The molecular weight excluding hydrogens is 332 g/mol. The number of fused-ring (bicyclic) bond motifs is 1. The molecule has 2 aromatic rings. The predicted molar refractivity (Wildman–Crippen MR) is 97.2 cm³/mol. The summed E-state index contributed by atoms with van der Waals surface area (Å²) in [6, 6.07) is 12.8. The van der Waals surface area contributed by atoms with Crippen molar-refractivity contribution in [1.82, 2.24) is 5.32 Å². The summed E-state index contributed by atoms with van der Waals surface area (Å²) in [6.07, 6.45) is 3.13. The van der Waals surface area contributed by atoms with E-state index in [1.165, 1.54) is 5.56 Å². The van der Waals surface area contributed by atoms with Crippen molar-refractivity contribution in [1.29, 1.82) is 0 Å². The van der Waals surface area contributed by atoms with Gasteiger partial charge < -0.3 is 15.7 Å². The lowest BCUT2D eigenvalue weighted by molar-refractivity contribution is -0.137. The van der Waals surface area contributed by atoms with Crippen molar-refractivity contribution in [2.45, 2.75) is 25.7 Å². The molecule has 0 radical (unpaired) electrons. The number of carbonyl (C=O) groups is 3. The van der Waals surface area contributed by atoms with Gasteiger partial charge in [0, 0.05) is 11.3 Å². The number of aliphatic carboxylic acids is 1. The highest BCUT2D eigenvalue weighted by molar-refractivity contribution is 6.05. The standard InChI is InChI=1S/C20H20N2O4/c23-18(21-12-19(24)25)11-13-7-9-15(10-8-13)22-20(26)17-6-2-4-14-3-1-5-16(14)17/h2,4,6-10H,1,3,5,11-12H2,(H,21,23)(H,22,26)(H,24,25). The molecule has 0 bridgehead atoms. The van der Waals surface area contributed by atoms with Crippen LogP contribution in [0.25, 0.3) is 0 Å². The number of benzene rings is 2. The van der Waals surface area contributed by atoms with Crippen LogP contribution in [0, 0.1) is 0 Å². The second-order valence-corrected chi connectivity index (χ2v) is 6.30. The number of rotatable bonds is 6. The van der Waals surface area contributed by atoms with Gasteiger partial charge in [0.25, 0.3) is 5.91 Å². The lowest BCUT2D eigenvalue weighted by Crippen LogP contribution is -2.30. The van der Waals surface area contributed by atoms with Crippen LogP contribution in [-0.2, 0) is 28.9 Å². The predicted octanol–water partition coefficient (Wildman–Crippen LogP) is 2.17. The van der Waals surface area contributed by atoms with Crippen LogP contribution in [0.4, 0.5) is 5.69 Å². The monoisotopic (exact) mass is 352 g/mol. The summed E-state index contributed by atoms with van der Waals surface area (Å²) in [7, 11) is 0. The molecule has 0 spiro atoms. The van der Waals surface area contributed by atoms with Crippen molar-refractivity contribution in [2.24, 2.45) is 0 Å². The molecule has 3 N–H and O–H groups in total. The third kappa shape index (κ3) is 4.27. The molecule has 1 aliphatic rings. The molecule has 2 aromatic carbocycles. The average Bonchev–Trinajstić information content (AvgIpc) is 3.10. The van der Waals surface area contributed by atoms with Gasteiger partial charge in [-0.05, 0) is 54.2 Å². The number of hydrogen-bond acceptors (Lipinski definition) is 3. The molecule has 2 amide bonds. The first-order valence-corrected chi connectivity index (χ1v) is 8.52. The third-order valence-electron chi connectivity index (χ3n) is 4.40. The minimum absolute atomic E-state index is 0.0910. The van der Waals surface area contributed by atoms with Crippen molar-refractivity contribution in [3.8, 4) is 0 Å². The third-order valence-corrected chi connectivity index (χ3v) is 4.40. The summed E-state index contributed by atoms with van der Waals surface area (Å²) in [5.74, 6) is -1.57. The molecule has 1 aliphatic carbocycles. The summed E-state index contributed by atoms with van der Waals surface area (Å²) in [4.78, 5) is 34.6. The number of amides is 2. The number of anilines is 1. The van der Waals surface area contributed by atoms with Crippen LogP contribution in [0.1, 0.15) is 33.5 Å². The zero-order chi connectivity index (χ0) is 18.5. The van der Waals surface area contributed by atoms with E-state index in [0.29, 0.717) is 5.69 Å². The quantitative estimate of drug-likeness (QED) is 0.742. The topological polar surface area (TPSA) is 95.5 Å². The molecule has 0 fully saturated rings. The van der Waals surface area contributed by atoms with Crippen molar-refractivity contribution < 1.29 is 19.5 Å². The van der Waals surface area contributed by atoms with E-state index < -0.39 is 12.5 Å². The Labute approximate surface area is 151 Å². The second kappa shape index (κ2) is 7.82. The molecule has 0 saturated carbocycles. The molecule has 134 valence electrons. The van der Waals surface area contributed by atoms with Gasteiger partial charge in [0.2, 0.25) is 5.91 Å². The largest absolute Gasteiger partial charge is 0.480 e. The first-order valence-electron chi connectivity index (χ1n) is 8.52. The molecule has 0 saturated heterocycles. The zero-order valence-electron chi connectivity index (χ0n) is 14.2. The van der Waals surface area contributed by atoms with Gasteiger partial charge in [-0.1, -0.05) is 24.3 Å². The van der Waals surface area contributed by atoms with E-state index in [1.807, 2.05) is 12.1 Å². The summed E-state index contributed by atoms with van der Waals surface area (Å²) in [5.41, 5.74) is 4.50. The van der Waals surface area contributed by atoms with E-state index in [0.717, 1.165) is 36.0 Å². The maximum absolute atomic E-state index is 12.6. The van der Waals surface area contributed by atoms with Crippen molar-refractivity contribution >= 4 is 23.5 Å². The Hall–Kier alpha value is -3.15. The van der Waals surface area contributed by atoms with E-state index in [-0.39, 0.29) is 18.2 Å². The fourth-order valence-corrected chi connectivity index (χ4v) is 3.16. The minimum atomic E-state index is -1.08. The number of carboxylic acids is 1. The Morgan fingerprint density at radius 1 is 1.00 bits per heavy atom. The Bertz CT molecular complexity index is 843. The van der Waals surface area contributed by atoms with Gasteiger partial charge in [0.1, 0.15) is 6.54 Å². The van der Waals surface area contributed by atoms with Crippen molar-refractivity contribution in [3.63, 3.8) is 0 Å². The van der Waals surface area contributed by atoms with Gasteiger partial charge in [-0.3, -0.25) is 14.4 Å². The molecule has 26 heavy (non-hydrogen) atoms. The van der Waals surface area contributed by atoms with Gasteiger partial charge >= 0.3 is 5.97 Å². The van der Waals surface area contributed by atoms with Gasteiger partial charge in [0.05, 0.1) is 6.42 Å². The Kier molecular flexibility index (Phi) is 5.31. The lowest BCUT2D eigenvalue weighted by atomic mass is 10.0. The van der Waals surface area contributed by atoms with Crippen molar-refractivity contribution in [2.75, 3.05) is 11.9 Å². The highest BCUT2D eigenvalue weighted by atomic mass is 16.4. The van der Waals surface area contributed by atoms with Crippen LogP contribution < -0.4 is 10.6 Å². The van der Waals surface area contributed by atoms with Crippen LogP contribution in [0.3, 0.4) is 0 Å². The molecule has 6 nitrogen and oxygen atoms in total. The van der Waals surface area contributed by atoms with E-state index in [1.54, 1.807) is 24.3 Å². The van der Waals surface area contributed by atoms with E-state index in [4.69, 9.17) is 5.11 Å². The maximum Gasteiger partial charge on any atom is 0.322 e. The van der Waals surface area contributed by atoms with Crippen LogP contribution in [0.15, 0.2) is 42.5 Å². The highest BCUT2D eigenvalue weighted by Crippen LogP contribution is 2.26. The second-order valence-electron chi connectivity index (χ2n) is 6.30. The number of nitrogens with one attached hydrogen (secondary N) is 2. The van der Waals surface area contributed by atoms with E-state index in [9.17, 15) is 14.4 Å². The fourth-order valence-electron chi connectivity index (χ4n) is 3.16. The summed E-state index contributed by atoms with van der Waals surface area (Å²) >= 11 is 0. The van der Waals surface area contributed by atoms with Crippen LogP contribution >= 0.6 is 0 Å². The average molecular weight is 352 g/mol. The Morgan fingerprint density at radius 3 is 2.50 bits per heavy atom. The Morgan fingerprint density at radius 2 is 1.77 bits per heavy atom. The number of carbonyl (C=O) groups excluding carboxylic acids is 2. The zero-order valence-corrected chi connectivity index (χ0v) is 14.2. The molecule has 0 aliphatic heterocycles. The SMILES string of the molecule is O=C(O)CNC(=O)Cc1ccc(NC(=O)c2cccc3c2CCC3)cc1. The summed E-state index contributed by atoms with van der Waals surface area (Å²) < 4.78 is 0. The number of hydrogen-bond donors (Lipinski definition) is 3. The molecule has 0 atom stereocenters. The van der Waals surface area contributed by atoms with Gasteiger partial charge in [-0.25, -0.2) is 0 Å². The summed E-state index contributed by atoms with van der Waals surface area (Å²) in [5, 5.41) is 13.8. The fraction of sp³-hybridized carbons (Fsp3) is 0.250. The van der Waals surface area contributed by atoms with Gasteiger partial charge in [0.15, 0.2) is 0 Å². The summed E-state index contributed by atoms with van der Waals surface area (Å²) in [6.45, 7) is -0.394. The van der Waals surface area contributed by atoms with E-state index in [2.05, 4.69) is 16.7 Å². The first kappa shape index (κ1) is 17.7. The molecule has 0 aromatic heterocycles. The normalized spacial score (nSPS) is 12.3.